The van der Waals surface area contributed by atoms with Gasteiger partial charge in [-0.05, 0) is 24.4 Å². The van der Waals surface area contributed by atoms with Crippen molar-refractivity contribution < 1.29 is 4.74 Å². The molecular weight excluding hydrogens is 248 g/mol. The topological polar surface area (TPSA) is 73.4 Å². The lowest BCUT2D eigenvalue weighted by atomic mass is 10.3. The Morgan fingerprint density at radius 3 is 2.89 bits per heavy atom. The number of hydrogen-bond acceptors (Lipinski definition) is 6. The average molecular weight is 262 g/mol. The molecule has 0 fully saturated rings. The molecule has 0 bridgehead atoms. The van der Waals surface area contributed by atoms with E-state index in [9.17, 15) is 0 Å². The van der Waals surface area contributed by atoms with Crippen molar-refractivity contribution in [2.45, 2.75) is 6.92 Å². The van der Waals surface area contributed by atoms with Crippen LogP contribution in [0.3, 0.4) is 0 Å². The molecule has 0 aliphatic heterocycles. The molecule has 5 nitrogen and oxygen atoms in total. The quantitative estimate of drug-likeness (QED) is 0.858. The molecule has 0 spiro atoms. The maximum atomic E-state index is 5.66. The van der Waals surface area contributed by atoms with E-state index in [4.69, 9.17) is 10.5 Å². The second kappa shape index (κ2) is 5.14. The van der Waals surface area contributed by atoms with Gasteiger partial charge in [0, 0.05) is 12.7 Å². The number of methoxy groups -OCH3 is 1. The third kappa shape index (κ3) is 2.33. The molecule has 0 aliphatic carbocycles. The van der Waals surface area contributed by atoms with E-state index in [-0.39, 0.29) is 0 Å². The lowest BCUT2D eigenvalue weighted by Gasteiger charge is -2.04. The first kappa shape index (κ1) is 12.5. The third-order valence-corrected chi connectivity index (χ3v) is 3.19. The second-order valence-electron chi connectivity index (χ2n) is 3.69. The van der Waals surface area contributed by atoms with Crippen LogP contribution in [0.5, 0.6) is 5.88 Å². The largest absolute Gasteiger partial charge is 0.480 e. The first-order chi connectivity index (χ1) is 8.65. The minimum atomic E-state index is 0.519. The van der Waals surface area contributed by atoms with Gasteiger partial charge in [0.25, 0.3) is 0 Å². The number of thiophene rings is 1. The number of nitrogens with two attached hydrogens (primary N) is 1. The molecule has 0 saturated carbocycles. The summed E-state index contributed by atoms with van der Waals surface area (Å²) in [7, 11) is 3.28. The van der Waals surface area contributed by atoms with E-state index in [1.807, 2.05) is 11.4 Å². The maximum absolute atomic E-state index is 5.66. The van der Waals surface area contributed by atoms with Crippen LogP contribution in [0.15, 0.2) is 28.2 Å². The smallest absolute Gasteiger partial charge is 0.235 e. The summed E-state index contributed by atoms with van der Waals surface area (Å²) in [6.45, 7) is 1.80. The zero-order chi connectivity index (χ0) is 13.1. The lowest BCUT2D eigenvalue weighted by molar-refractivity contribution is 0.403. The summed E-state index contributed by atoms with van der Waals surface area (Å²) >= 11 is 1.55. The molecule has 2 heterocycles. The highest BCUT2D eigenvalue weighted by Crippen LogP contribution is 2.27. The molecule has 0 aliphatic rings. The third-order valence-electron chi connectivity index (χ3n) is 2.30. The highest BCUT2D eigenvalue weighted by Gasteiger charge is 2.12. The molecule has 0 saturated heterocycles. The van der Waals surface area contributed by atoms with Crippen molar-refractivity contribution in [2.24, 2.45) is 10.7 Å². The number of ether oxygens (including phenoxy) is 1. The molecule has 0 unspecified atom stereocenters. The van der Waals surface area contributed by atoms with E-state index in [2.05, 4.69) is 15.0 Å². The molecule has 0 amide bonds. The van der Waals surface area contributed by atoms with E-state index < -0.39 is 0 Å². The predicted octanol–water partition coefficient (Wildman–Crippen LogP) is 1.98. The van der Waals surface area contributed by atoms with Gasteiger partial charge in [-0.15, -0.1) is 11.3 Å². The number of aliphatic imine (C=N–C) groups is 1. The van der Waals surface area contributed by atoms with Crippen molar-refractivity contribution in [3.05, 3.63) is 29.0 Å². The van der Waals surface area contributed by atoms with Crippen LogP contribution in [0.4, 0.5) is 0 Å². The van der Waals surface area contributed by atoms with Gasteiger partial charge in [0.1, 0.15) is 10.4 Å². The van der Waals surface area contributed by atoms with Gasteiger partial charge in [-0.2, -0.15) is 4.98 Å². The van der Waals surface area contributed by atoms with Crippen LogP contribution in [-0.4, -0.2) is 29.8 Å². The Balaban J connectivity index is 2.61. The number of fused-ring (bicyclic) bond motifs is 1. The predicted molar refractivity (Wildman–Crippen MR) is 74.4 cm³/mol. The highest BCUT2D eigenvalue weighted by molar-refractivity contribution is 7.17. The number of nitrogens with zero attached hydrogens (tertiary/aromatic N) is 3. The van der Waals surface area contributed by atoms with Crippen LogP contribution in [0.1, 0.15) is 12.7 Å². The summed E-state index contributed by atoms with van der Waals surface area (Å²) in [5.41, 5.74) is 7.81. The Morgan fingerprint density at radius 1 is 1.50 bits per heavy atom. The molecule has 6 heteroatoms. The van der Waals surface area contributed by atoms with Crippen molar-refractivity contribution >= 4 is 27.3 Å². The first-order valence-electron chi connectivity index (χ1n) is 5.36. The van der Waals surface area contributed by atoms with Gasteiger partial charge in [0.2, 0.25) is 5.88 Å². The fourth-order valence-electron chi connectivity index (χ4n) is 1.53. The van der Waals surface area contributed by atoms with Crippen molar-refractivity contribution in [3.63, 3.8) is 0 Å². The molecule has 2 aromatic rings. The molecule has 18 heavy (non-hydrogen) atoms. The number of rotatable bonds is 3. The molecule has 0 aromatic carbocycles. The Bertz CT molecular complexity index is 626. The molecule has 94 valence electrons. The van der Waals surface area contributed by atoms with Gasteiger partial charge in [-0.1, -0.05) is 0 Å². The summed E-state index contributed by atoms with van der Waals surface area (Å²) < 4.78 is 6.21. The minimum Gasteiger partial charge on any atom is -0.480 e. The maximum Gasteiger partial charge on any atom is 0.235 e. The van der Waals surface area contributed by atoms with E-state index in [0.717, 1.165) is 10.2 Å². The van der Waals surface area contributed by atoms with E-state index in [1.54, 1.807) is 38.5 Å². The van der Waals surface area contributed by atoms with Gasteiger partial charge in [0.05, 0.1) is 12.6 Å². The molecule has 2 N–H and O–H groups in total. The average Bonchev–Trinajstić information content (AvgIpc) is 2.82. The summed E-state index contributed by atoms with van der Waals surface area (Å²) in [4.78, 5) is 13.0. The van der Waals surface area contributed by atoms with Gasteiger partial charge >= 0.3 is 0 Å². The Hall–Kier alpha value is -1.95. The molecule has 0 radical (unpaired) electrons. The Morgan fingerprint density at radius 2 is 2.28 bits per heavy atom. The van der Waals surface area contributed by atoms with E-state index in [1.165, 1.54) is 0 Å². The SMILES string of the molecule is CN=C(/C=C(/C)N)c1nc(OC)c2sccc2n1. The second-order valence-corrected chi connectivity index (χ2v) is 4.60. The molecular formula is C12H14N4OS. The van der Waals surface area contributed by atoms with E-state index in [0.29, 0.717) is 23.1 Å². The van der Waals surface area contributed by atoms with Crippen LogP contribution in [0, 0.1) is 0 Å². The molecule has 2 aromatic heterocycles. The molecule has 2 rings (SSSR count). The van der Waals surface area contributed by atoms with Gasteiger partial charge in [-0.3, -0.25) is 4.99 Å². The molecule has 0 atom stereocenters. The van der Waals surface area contributed by atoms with Crippen molar-refractivity contribution in [1.82, 2.24) is 9.97 Å². The van der Waals surface area contributed by atoms with Crippen LogP contribution in [0.2, 0.25) is 0 Å². The standard InChI is InChI=1S/C12H14N4OS/c1-7(13)6-9(14-2)11-15-8-4-5-18-10(8)12(16-11)17-3/h4-6H,13H2,1-3H3/b7-6-,14-9?. The summed E-state index contributed by atoms with van der Waals surface area (Å²) in [6, 6.07) is 1.93. The number of hydrogen-bond donors (Lipinski definition) is 1. The Labute approximate surface area is 109 Å². The highest BCUT2D eigenvalue weighted by atomic mass is 32.1. The number of allylic oxidation sites excluding steroid dienone is 2. The van der Waals surface area contributed by atoms with Crippen LogP contribution >= 0.6 is 11.3 Å². The Kier molecular flexibility index (Phi) is 3.57. The van der Waals surface area contributed by atoms with Gasteiger partial charge < -0.3 is 10.5 Å². The number of aromatic nitrogens is 2. The van der Waals surface area contributed by atoms with Gasteiger partial charge in [-0.25, -0.2) is 4.98 Å². The fourth-order valence-corrected chi connectivity index (χ4v) is 2.33. The minimum absolute atomic E-state index is 0.519. The van der Waals surface area contributed by atoms with Crippen LogP contribution < -0.4 is 10.5 Å². The van der Waals surface area contributed by atoms with Crippen molar-refractivity contribution in [2.75, 3.05) is 14.2 Å². The van der Waals surface area contributed by atoms with Crippen LogP contribution in [0.25, 0.3) is 10.2 Å². The zero-order valence-corrected chi connectivity index (χ0v) is 11.3. The normalized spacial score (nSPS) is 13.1. The summed E-state index contributed by atoms with van der Waals surface area (Å²) in [5, 5.41) is 1.96. The summed E-state index contributed by atoms with van der Waals surface area (Å²) in [6.07, 6.45) is 1.74. The first-order valence-corrected chi connectivity index (χ1v) is 6.24. The van der Waals surface area contributed by atoms with Crippen molar-refractivity contribution in [1.29, 1.82) is 0 Å². The zero-order valence-electron chi connectivity index (χ0n) is 10.5. The fraction of sp³-hybridized carbons (Fsp3) is 0.250. The van der Waals surface area contributed by atoms with Crippen molar-refractivity contribution in [3.8, 4) is 5.88 Å². The summed E-state index contributed by atoms with van der Waals surface area (Å²) in [5.74, 6) is 1.08. The lowest BCUT2D eigenvalue weighted by Crippen LogP contribution is -2.07. The monoisotopic (exact) mass is 262 g/mol. The van der Waals surface area contributed by atoms with E-state index >= 15 is 0 Å². The van der Waals surface area contributed by atoms with Crippen LogP contribution in [-0.2, 0) is 0 Å². The van der Waals surface area contributed by atoms with Gasteiger partial charge in [0.15, 0.2) is 5.82 Å².